The summed E-state index contributed by atoms with van der Waals surface area (Å²) in [5.74, 6) is 1.06. The molecule has 10 heteroatoms. The van der Waals surface area contributed by atoms with Gasteiger partial charge in [0.25, 0.3) is 11.8 Å². The normalized spacial score (nSPS) is 21.9. The molecule has 3 N–H and O–H groups in total. The van der Waals surface area contributed by atoms with E-state index in [4.69, 9.17) is 20.2 Å². The van der Waals surface area contributed by atoms with Crippen LogP contribution in [0.3, 0.4) is 0 Å². The molecule has 0 unspecified atom stereocenters. The molecule has 0 spiro atoms. The first-order valence-electron chi connectivity index (χ1n) is 13.1. The Balaban J connectivity index is 1.29. The molecule has 10 nitrogen and oxygen atoms in total. The second-order valence-electron chi connectivity index (χ2n) is 10.7. The first kappa shape index (κ1) is 22.5. The Morgan fingerprint density at radius 1 is 1.24 bits per heavy atom. The van der Waals surface area contributed by atoms with Crippen molar-refractivity contribution >= 4 is 23.3 Å². The van der Waals surface area contributed by atoms with E-state index in [9.17, 15) is 9.59 Å². The number of anilines is 1. The summed E-state index contributed by atoms with van der Waals surface area (Å²) in [6, 6.07) is 6.14. The fourth-order valence-electron chi connectivity index (χ4n) is 5.44. The van der Waals surface area contributed by atoms with Crippen molar-refractivity contribution in [1.29, 1.82) is 0 Å². The zero-order valence-corrected chi connectivity index (χ0v) is 20.8. The van der Waals surface area contributed by atoms with Gasteiger partial charge in [-0.3, -0.25) is 9.59 Å². The number of aromatic nitrogens is 3. The Bertz CT molecular complexity index is 1420. The van der Waals surface area contributed by atoms with E-state index in [0.717, 1.165) is 30.4 Å². The molecule has 2 saturated carbocycles. The number of benzene rings is 1. The number of ether oxygens (including phenoxy) is 2. The Morgan fingerprint density at radius 2 is 2.08 bits per heavy atom. The van der Waals surface area contributed by atoms with E-state index < -0.39 is 0 Å². The monoisotopic (exact) mass is 502 g/mol. The smallest absolute Gasteiger partial charge is 0.259 e. The van der Waals surface area contributed by atoms with E-state index in [1.54, 1.807) is 6.20 Å². The molecule has 2 aliphatic heterocycles. The third-order valence-electron chi connectivity index (χ3n) is 7.92. The van der Waals surface area contributed by atoms with Crippen LogP contribution in [0.1, 0.15) is 65.3 Å². The number of nitrogens with one attached hydrogen (secondary N) is 1. The van der Waals surface area contributed by atoms with E-state index in [1.807, 2.05) is 23.1 Å². The van der Waals surface area contributed by atoms with Crippen LogP contribution in [0.2, 0.25) is 0 Å². The third-order valence-corrected chi connectivity index (χ3v) is 7.92. The second-order valence-corrected chi connectivity index (χ2v) is 10.7. The Morgan fingerprint density at radius 3 is 2.81 bits per heavy atom. The van der Waals surface area contributed by atoms with Gasteiger partial charge < -0.3 is 25.4 Å². The van der Waals surface area contributed by atoms with Crippen LogP contribution in [-0.4, -0.2) is 62.7 Å². The number of hydrogen-bond acceptors (Lipinski definition) is 7. The van der Waals surface area contributed by atoms with Crippen molar-refractivity contribution in [2.24, 2.45) is 5.92 Å². The van der Waals surface area contributed by atoms with Gasteiger partial charge in [-0.2, -0.15) is 0 Å². The molecule has 3 aromatic rings. The number of nitrogens with two attached hydrogens (primary N) is 1. The van der Waals surface area contributed by atoms with Crippen LogP contribution in [0, 0.1) is 5.92 Å². The predicted octanol–water partition coefficient (Wildman–Crippen LogP) is 2.79. The van der Waals surface area contributed by atoms with Gasteiger partial charge >= 0.3 is 0 Å². The Kier molecular flexibility index (Phi) is 5.14. The molecule has 192 valence electrons. The standard InChI is InChI=1S/C27H30N6O4/c1-14(15-2-3-15)32-12-17-10-16(11-21(22(17)27(32)35)37-19-7-9-36-13-19)20-6-8-33-25(30-20)23(24(28)31-33)26(34)29-18-4-5-18/h6,8,10-11,14-15,18-19H,2-5,7,9,12-13H2,1H3,(H2,28,31)(H,29,34)/t14-,19-/m0/s1. The molecule has 3 fully saturated rings. The lowest BCUT2D eigenvalue weighted by atomic mass is 10.0. The fraction of sp³-hybridized carbons (Fsp3) is 0.481. The molecule has 37 heavy (non-hydrogen) atoms. The SMILES string of the molecule is C[C@@H](C1CC1)N1Cc2cc(-c3ccn4nc(N)c(C(=O)NC5CC5)c4n3)cc(O[C@H]3CCOC3)c2C1=O. The summed E-state index contributed by atoms with van der Waals surface area (Å²) in [6.07, 6.45) is 6.74. The van der Waals surface area contributed by atoms with Crippen LogP contribution in [0.25, 0.3) is 16.9 Å². The highest BCUT2D eigenvalue weighted by Gasteiger charge is 2.40. The van der Waals surface area contributed by atoms with Crippen molar-refractivity contribution in [2.45, 2.75) is 63.8 Å². The maximum absolute atomic E-state index is 13.5. The third kappa shape index (κ3) is 3.99. The predicted molar refractivity (Wildman–Crippen MR) is 135 cm³/mol. The highest BCUT2D eigenvalue weighted by Crippen LogP contribution is 2.42. The van der Waals surface area contributed by atoms with Crippen LogP contribution in [-0.2, 0) is 11.3 Å². The summed E-state index contributed by atoms with van der Waals surface area (Å²) in [5, 5.41) is 7.26. The summed E-state index contributed by atoms with van der Waals surface area (Å²) in [5.41, 5.74) is 9.85. The molecule has 1 saturated heterocycles. The van der Waals surface area contributed by atoms with Gasteiger partial charge in [0.15, 0.2) is 11.5 Å². The van der Waals surface area contributed by atoms with Crippen molar-refractivity contribution in [2.75, 3.05) is 18.9 Å². The molecule has 0 bridgehead atoms. The van der Waals surface area contributed by atoms with E-state index >= 15 is 0 Å². The maximum atomic E-state index is 13.5. The molecule has 2 atom stereocenters. The molecule has 2 aliphatic carbocycles. The van der Waals surface area contributed by atoms with Crippen LogP contribution in [0.15, 0.2) is 24.4 Å². The van der Waals surface area contributed by atoms with E-state index in [0.29, 0.717) is 48.3 Å². The van der Waals surface area contributed by atoms with E-state index in [-0.39, 0.29) is 41.4 Å². The number of fused-ring (bicyclic) bond motifs is 2. The van der Waals surface area contributed by atoms with Crippen LogP contribution in [0.5, 0.6) is 5.75 Å². The van der Waals surface area contributed by atoms with Crippen LogP contribution < -0.4 is 15.8 Å². The van der Waals surface area contributed by atoms with Gasteiger partial charge in [-0.15, -0.1) is 5.10 Å². The van der Waals surface area contributed by atoms with E-state index in [2.05, 4.69) is 17.3 Å². The van der Waals surface area contributed by atoms with Crippen molar-refractivity contribution < 1.29 is 19.1 Å². The van der Waals surface area contributed by atoms with Gasteiger partial charge in [0.05, 0.1) is 24.5 Å². The molecule has 0 radical (unpaired) electrons. The summed E-state index contributed by atoms with van der Waals surface area (Å²) < 4.78 is 13.4. The summed E-state index contributed by atoms with van der Waals surface area (Å²) in [4.78, 5) is 33.2. The maximum Gasteiger partial charge on any atom is 0.259 e. The lowest BCUT2D eigenvalue weighted by Crippen LogP contribution is -2.34. The van der Waals surface area contributed by atoms with Crippen LogP contribution in [0.4, 0.5) is 5.82 Å². The Labute approximate surface area is 214 Å². The van der Waals surface area contributed by atoms with Gasteiger partial charge in [-0.25, -0.2) is 9.50 Å². The van der Waals surface area contributed by atoms with Crippen molar-refractivity contribution in [1.82, 2.24) is 24.8 Å². The van der Waals surface area contributed by atoms with Gasteiger partial charge in [0, 0.05) is 36.8 Å². The van der Waals surface area contributed by atoms with Crippen molar-refractivity contribution in [3.63, 3.8) is 0 Å². The number of amides is 2. The summed E-state index contributed by atoms with van der Waals surface area (Å²) in [6.45, 7) is 3.85. The number of nitrogens with zero attached hydrogens (tertiary/aromatic N) is 4. The number of hydrogen-bond donors (Lipinski definition) is 2. The number of rotatable bonds is 7. The molecule has 4 heterocycles. The zero-order valence-electron chi connectivity index (χ0n) is 20.8. The molecule has 2 aromatic heterocycles. The minimum atomic E-state index is -0.255. The fourth-order valence-corrected chi connectivity index (χ4v) is 5.44. The van der Waals surface area contributed by atoms with Gasteiger partial charge in [-0.1, -0.05) is 0 Å². The van der Waals surface area contributed by atoms with Gasteiger partial charge in [-0.05, 0) is 62.3 Å². The first-order chi connectivity index (χ1) is 18.0. The van der Waals surface area contributed by atoms with Gasteiger partial charge in [0.2, 0.25) is 0 Å². The quantitative estimate of drug-likeness (QED) is 0.509. The molecule has 2 amide bonds. The van der Waals surface area contributed by atoms with E-state index in [1.165, 1.54) is 17.4 Å². The highest BCUT2D eigenvalue weighted by molar-refractivity contribution is 6.05. The largest absolute Gasteiger partial charge is 0.487 e. The van der Waals surface area contributed by atoms with Gasteiger partial charge in [0.1, 0.15) is 17.4 Å². The number of carbonyl (C=O) groups is 2. The molecule has 4 aliphatic rings. The summed E-state index contributed by atoms with van der Waals surface area (Å²) in [7, 11) is 0. The molecule has 7 rings (SSSR count). The average Bonchev–Trinajstić information content (AvgIpc) is 3.78. The lowest BCUT2D eigenvalue weighted by Gasteiger charge is -2.24. The topological polar surface area (TPSA) is 124 Å². The molecular formula is C27H30N6O4. The van der Waals surface area contributed by atoms with Crippen LogP contribution >= 0.6 is 0 Å². The number of nitrogen functional groups attached to an aromatic ring is 1. The minimum absolute atomic E-state index is 0.0286. The Hall–Kier alpha value is -3.66. The second kappa shape index (κ2) is 8.44. The van der Waals surface area contributed by atoms with Crippen molar-refractivity contribution in [3.8, 4) is 17.0 Å². The first-order valence-corrected chi connectivity index (χ1v) is 13.1. The molecular weight excluding hydrogens is 472 g/mol. The van der Waals surface area contributed by atoms with Crippen molar-refractivity contribution in [3.05, 3.63) is 41.1 Å². The summed E-state index contributed by atoms with van der Waals surface area (Å²) >= 11 is 0. The average molecular weight is 503 g/mol. The zero-order chi connectivity index (χ0) is 25.3. The highest BCUT2D eigenvalue weighted by atomic mass is 16.5. The molecule has 1 aromatic carbocycles. The number of carbonyl (C=O) groups excluding carboxylic acids is 2. The lowest BCUT2D eigenvalue weighted by molar-refractivity contribution is 0.0691. The minimum Gasteiger partial charge on any atom is -0.487 e.